The third-order valence-corrected chi connectivity index (χ3v) is 4.32. The molecule has 0 saturated heterocycles. The van der Waals surface area contributed by atoms with Crippen LogP contribution in [0, 0.1) is 0 Å². The Balaban J connectivity index is 2.21. The molecule has 1 N–H and O–H groups in total. The molecule has 1 atom stereocenters. The van der Waals surface area contributed by atoms with Crippen LogP contribution in [0.15, 0.2) is 29.3 Å². The van der Waals surface area contributed by atoms with Gasteiger partial charge in [-0.3, -0.25) is 4.99 Å². The number of methoxy groups -OCH3 is 1. The number of carboxylic acids is 1. The molecular formula is C14H17NO3S. The summed E-state index contributed by atoms with van der Waals surface area (Å²) in [4.78, 5) is 15.5. The number of nitrogens with zero attached hydrogens (tertiary/aromatic N) is 1. The highest BCUT2D eigenvalue weighted by Gasteiger charge is 2.42. The van der Waals surface area contributed by atoms with E-state index in [2.05, 4.69) is 4.99 Å². The minimum Gasteiger partial charge on any atom is -0.496 e. The Bertz CT molecular complexity index is 525. The monoisotopic (exact) mass is 279 g/mol. The van der Waals surface area contributed by atoms with Crippen molar-refractivity contribution in [1.29, 1.82) is 0 Å². The molecule has 0 aromatic heterocycles. The Morgan fingerprint density at radius 2 is 2.16 bits per heavy atom. The number of carboxylic acid groups (broad SMARTS) is 1. The number of thioether (sulfide) groups is 1. The van der Waals surface area contributed by atoms with E-state index in [1.54, 1.807) is 7.11 Å². The van der Waals surface area contributed by atoms with Crippen LogP contribution in [0.25, 0.3) is 0 Å². The fraction of sp³-hybridized carbons (Fsp3) is 0.429. The van der Waals surface area contributed by atoms with Gasteiger partial charge >= 0.3 is 5.97 Å². The summed E-state index contributed by atoms with van der Waals surface area (Å²) in [5, 5.41) is 10.0. The minimum absolute atomic E-state index is 0.400. The first-order chi connectivity index (χ1) is 8.94. The average Bonchev–Trinajstić information content (AvgIpc) is 2.65. The lowest BCUT2D eigenvalue weighted by Gasteiger charge is -2.20. The highest BCUT2D eigenvalue weighted by atomic mass is 32.2. The number of rotatable bonds is 4. The van der Waals surface area contributed by atoms with Crippen molar-refractivity contribution in [3.8, 4) is 5.75 Å². The van der Waals surface area contributed by atoms with E-state index in [9.17, 15) is 9.90 Å². The zero-order valence-corrected chi connectivity index (χ0v) is 12.0. The second-order valence-corrected chi connectivity index (χ2v) is 6.69. The van der Waals surface area contributed by atoms with Gasteiger partial charge in [0.1, 0.15) is 5.75 Å². The highest BCUT2D eigenvalue weighted by molar-refractivity contribution is 8.15. The van der Waals surface area contributed by atoms with Crippen LogP contribution in [0.5, 0.6) is 5.75 Å². The molecule has 4 nitrogen and oxygen atoms in total. The third-order valence-electron chi connectivity index (χ3n) is 3.08. The van der Waals surface area contributed by atoms with Gasteiger partial charge in [0.15, 0.2) is 6.04 Å². The van der Waals surface area contributed by atoms with Gasteiger partial charge in [0.2, 0.25) is 0 Å². The van der Waals surface area contributed by atoms with E-state index in [4.69, 9.17) is 4.74 Å². The Morgan fingerprint density at radius 1 is 1.47 bits per heavy atom. The predicted octanol–water partition coefficient (Wildman–Crippen LogP) is 2.61. The molecule has 0 bridgehead atoms. The average molecular weight is 279 g/mol. The predicted molar refractivity (Wildman–Crippen MR) is 77.2 cm³/mol. The standard InChI is InChI=1S/C14H17NO3S/c1-14(2)12(13(16)17)15-11(19-14)8-9-6-4-5-7-10(9)18-3/h4-7,12H,8H2,1-3H3,(H,16,17)/t12-/m1/s1. The number of aliphatic imine (C=N–C) groups is 1. The minimum atomic E-state index is -0.868. The summed E-state index contributed by atoms with van der Waals surface area (Å²) in [6, 6.07) is 7.05. The van der Waals surface area contributed by atoms with Crippen molar-refractivity contribution in [2.45, 2.75) is 31.1 Å². The fourth-order valence-electron chi connectivity index (χ4n) is 2.13. The van der Waals surface area contributed by atoms with Crippen molar-refractivity contribution in [2.75, 3.05) is 7.11 Å². The van der Waals surface area contributed by atoms with E-state index in [-0.39, 0.29) is 0 Å². The molecule has 1 aliphatic heterocycles. The van der Waals surface area contributed by atoms with Crippen LogP contribution >= 0.6 is 11.8 Å². The second-order valence-electron chi connectivity index (χ2n) is 4.96. The number of hydrogen-bond acceptors (Lipinski definition) is 4. The molecule has 2 rings (SSSR count). The van der Waals surface area contributed by atoms with Crippen LogP contribution in [0.4, 0.5) is 0 Å². The Labute approximate surface area is 116 Å². The Morgan fingerprint density at radius 3 is 2.74 bits per heavy atom. The zero-order valence-electron chi connectivity index (χ0n) is 11.2. The molecule has 0 fully saturated rings. The van der Waals surface area contributed by atoms with Crippen molar-refractivity contribution < 1.29 is 14.6 Å². The number of para-hydroxylation sites is 1. The summed E-state index contributed by atoms with van der Waals surface area (Å²) in [6.45, 7) is 3.82. The summed E-state index contributed by atoms with van der Waals surface area (Å²) in [6.07, 6.45) is 0.613. The van der Waals surface area contributed by atoms with E-state index in [0.29, 0.717) is 6.42 Å². The van der Waals surface area contributed by atoms with Crippen molar-refractivity contribution in [2.24, 2.45) is 4.99 Å². The topological polar surface area (TPSA) is 58.9 Å². The van der Waals surface area contributed by atoms with E-state index in [0.717, 1.165) is 16.4 Å². The number of hydrogen-bond donors (Lipinski definition) is 1. The van der Waals surface area contributed by atoms with Crippen molar-refractivity contribution in [3.63, 3.8) is 0 Å². The van der Waals surface area contributed by atoms with Gasteiger partial charge in [0.25, 0.3) is 0 Å². The first kappa shape index (κ1) is 13.9. The summed E-state index contributed by atoms with van der Waals surface area (Å²) in [5.74, 6) is -0.0603. The number of benzene rings is 1. The third kappa shape index (κ3) is 2.92. The molecular weight excluding hydrogens is 262 g/mol. The molecule has 0 unspecified atom stereocenters. The molecule has 0 saturated carbocycles. The SMILES string of the molecule is COc1ccccc1CC1=N[C@H](C(=O)O)C(C)(C)S1. The summed E-state index contributed by atoms with van der Waals surface area (Å²) < 4.78 is 4.90. The number of aliphatic carboxylic acids is 1. The zero-order chi connectivity index (χ0) is 14.0. The van der Waals surface area contributed by atoms with Crippen molar-refractivity contribution >= 4 is 22.8 Å². The lowest BCUT2D eigenvalue weighted by molar-refractivity contribution is -0.138. The van der Waals surface area contributed by atoms with Gasteiger partial charge < -0.3 is 9.84 Å². The molecule has 0 radical (unpaired) electrons. The van der Waals surface area contributed by atoms with Crippen LogP contribution in [-0.2, 0) is 11.2 Å². The van der Waals surface area contributed by atoms with Gasteiger partial charge in [0.05, 0.1) is 12.2 Å². The van der Waals surface area contributed by atoms with Crippen molar-refractivity contribution in [1.82, 2.24) is 0 Å². The first-order valence-corrected chi connectivity index (χ1v) is 6.86. The van der Waals surface area contributed by atoms with Gasteiger partial charge in [-0.1, -0.05) is 18.2 Å². The van der Waals surface area contributed by atoms with E-state index >= 15 is 0 Å². The molecule has 1 aromatic carbocycles. The summed E-state index contributed by atoms with van der Waals surface area (Å²) in [5.41, 5.74) is 1.03. The van der Waals surface area contributed by atoms with Crippen LogP contribution in [0.1, 0.15) is 19.4 Å². The fourth-order valence-corrected chi connectivity index (χ4v) is 3.39. The quantitative estimate of drug-likeness (QED) is 0.920. The second kappa shape index (κ2) is 5.25. The molecule has 0 spiro atoms. The Kier molecular flexibility index (Phi) is 3.85. The van der Waals surface area contributed by atoms with Crippen LogP contribution in [0.2, 0.25) is 0 Å². The highest BCUT2D eigenvalue weighted by Crippen LogP contribution is 2.39. The van der Waals surface area contributed by atoms with Gasteiger partial charge in [-0.15, -0.1) is 11.8 Å². The van der Waals surface area contributed by atoms with Crippen LogP contribution in [-0.4, -0.2) is 34.0 Å². The molecule has 1 aliphatic rings. The number of ether oxygens (including phenoxy) is 1. The van der Waals surface area contributed by atoms with E-state index in [1.807, 2.05) is 38.1 Å². The first-order valence-electron chi connectivity index (χ1n) is 6.04. The summed E-state index contributed by atoms with van der Waals surface area (Å²) in [7, 11) is 1.63. The molecule has 0 amide bonds. The van der Waals surface area contributed by atoms with Gasteiger partial charge in [-0.2, -0.15) is 0 Å². The maximum Gasteiger partial charge on any atom is 0.329 e. The number of carbonyl (C=O) groups is 1. The molecule has 1 aromatic rings. The van der Waals surface area contributed by atoms with E-state index in [1.165, 1.54) is 11.8 Å². The molecule has 0 aliphatic carbocycles. The summed E-state index contributed by atoms with van der Waals surface area (Å²) >= 11 is 1.53. The van der Waals surface area contributed by atoms with Gasteiger partial charge in [0, 0.05) is 16.7 Å². The maximum atomic E-state index is 11.2. The largest absolute Gasteiger partial charge is 0.496 e. The maximum absolute atomic E-state index is 11.2. The molecule has 102 valence electrons. The molecule has 19 heavy (non-hydrogen) atoms. The van der Waals surface area contributed by atoms with Crippen LogP contribution < -0.4 is 4.74 Å². The van der Waals surface area contributed by atoms with Crippen LogP contribution in [0.3, 0.4) is 0 Å². The Hall–Kier alpha value is -1.49. The van der Waals surface area contributed by atoms with Gasteiger partial charge in [-0.25, -0.2) is 4.79 Å². The molecule has 5 heteroatoms. The lowest BCUT2D eigenvalue weighted by atomic mass is 10.0. The lowest BCUT2D eigenvalue weighted by Crippen LogP contribution is -2.34. The normalized spacial score (nSPS) is 21.0. The smallest absolute Gasteiger partial charge is 0.329 e. The van der Waals surface area contributed by atoms with Gasteiger partial charge in [-0.05, 0) is 19.9 Å². The van der Waals surface area contributed by atoms with E-state index < -0.39 is 16.8 Å². The van der Waals surface area contributed by atoms with Crippen molar-refractivity contribution in [3.05, 3.63) is 29.8 Å². The molecule has 1 heterocycles.